The average molecular weight is 497 g/mol. The molecule has 1 saturated heterocycles. The van der Waals surface area contributed by atoms with E-state index >= 15 is 0 Å². The lowest BCUT2D eigenvalue weighted by Gasteiger charge is -2.31. The predicted octanol–water partition coefficient (Wildman–Crippen LogP) is 3.53. The number of sulfonamides is 1. The fraction of sp³-hybridized carbons (Fsp3) is 0.346. The Labute approximate surface area is 207 Å². The second-order valence-electron chi connectivity index (χ2n) is 8.35. The highest BCUT2D eigenvalue weighted by Gasteiger charge is 2.24. The number of hydrogen-bond acceptors (Lipinski definition) is 5. The zero-order valence-corrected chi connectivity index (χ0v) is 21.0. The fourth-order valence-corrected chi connectivity index (χ4v) is 5.73. The van der Waals surface area contributed by atoms with Gasteiger partial charge in [0.1, 0.15) is 0 Å². The maximum Gasteiger partial charge on any atom is 0.243 e. The van der Waals surface area contributed by atoms with Gasteiger partial charge < -0.3 is 19.5 Å². The number of nitrogens with zero attached hydrogens (tertiary/aromatic N) is 3. The van der Waals surface area contributed by atoms with Gasteiger partial charge in [-0.3, -0.25) is 4.79 Å². The largest absolute Gasteiger partial charge is 0.378 e. The number of amides is 1. The average Bonchev–Trinajstić information content (AvgIpc) is 3.41. The van der Waals surface area contributed by atoms with Crippen molar-refractivity contribution in [3.63, 3.8) is 0 Å². The zero-order valence-electron chi connectivity index (χ0n) is 20.2. The first kappa shape index (κ1) is 25.0. The molecule has 1 aromatic heterocycles. The van der Waals surface area contributed by atoms with Gasteiger partial charge in [-0.25, -0.2) is 8.42 Å². The summed E-state index contributed by atoms with van der Waals surface area (Å²) < 4.78 is 35.1. The van der Waals surface area contributed by atoms with Crippen LogP contribution in [0.1, 0.15) is 19.4 Å². The standard InChI is InChI=1S/C26H32N4O4S/c1-3-30(4-2)35(32,33)23-11-12-25(29-15-17-34-18-16-29)24(20-23)27-26(31)19-21-7-9-22(10-8-21)28-13-5-6-14-28/h5-14,20H,3-4,15-19H2,1-2H3,(H,27,31). The van der Waals surface area contributed by atoms with E-state index in [1.165, 1.54) is 4.31 Å². The van der Waals surface area contributed by atoms with Gasteiger partial charge in [-0.05, 0) is 48.0 Å². The summed E-state index contributed by atoms with van der Waals surface area (Å²) in [7, 11) is -3.66. The van der Waals surface area contributed by atoms with E-state index in [-0.39, 0.29) is 17.2 Å². The monoisotopic (exact) mass is 496 g/mol. The van der Waals surface area contributed by atoms with Gasteiger partial charge in [0.05, 0.1) is 35.9 Å². The summed E-state index contributed by atoms with van der Waals surface area (Å²) >= 11 is 0. The van der Waals surface area contributed by atoms with Crippen LogP contribution in [0.3, 0.4) is 0 Å². The summed E-state index contributed by atoms with van der Waals surface area (Å²) in [6, 6.07) is 16.7. The molecule has 35 heavy (non-hydrogen) atoms. The second-order valence-corrected chi connectivity index (χ2v) is 10.3. The lowest BCUT2D eigenvalue weighted by molar-refractivity contribution is -0.115. The quantitative estimate of drug-likeness (QED) is 0.490. The minimum absolute atomic E-state index is 0.171. The summed E-state index contributed by atoms with van der Waals surface area (Å²) in [5.41, 5.74) is 3.18. The normalized spacial score (nSPS) is 14.3. The van der Waals surface area contributed by atoms with Crippen LogP contribution in [-0.2, 0) is 26.0 Å². The van der Waals surface area contributed by atoms with Gasteiger partial charge in [-0.15, -0.1) is 0 Å². The van der Waals surface area contributed by atoms with Crippen LogP contribution in [0, 0.1) is 0 Å². The third-order valence-electron chi connectivity index (χ3n) is 6.14. The van der Waals surface area contributed by atoms with Crippen LogP contribution in [0.2, 0.25) is 0 Å². The summed E-state index contributed by atoms with van der Waals surface area (Å²) in [6.45, 7) is 6.90. The molecule has 0 spiro atoms. The van der Waals surface area contributed by atoms with Crippen LogP contribution in [-0.4, -0.2) is 62.6 Å². The van der Waals surface area contributed by atoms with Crippen molar-refractivity contribution in [3.8, 4) is 5.69 Å². The topological polar surface area (TPSA) is 83.9 Å². The maximum absolute atomic E-state index is 13.1. The Balaban J connectivity index is 1.57. The molecule has 2 heterocycles. The molecular formula is C26H32N4O4S. The van der Waals surface area contributed by atoms with Crippen LogP contribution < -0.4 is 10.2 Å². The van der Waals surface area contributed by atoms with Gasteiger partial charge in [0.25, 0.3) is 0 Å². The van der Waals surface area contributed by atoms with E-state index in [4.69, 9.17) is 4.74 Å². The van der Waals surface area contributed by atoms with E-state index in [1.807, 2.05) is 67.2 Å². The molecular weight excluding hydrogens is 464 g/mol. The first-order chi connectivity index (χ1) is 16.9. The number of morpholine rings is 1. The van der Waals surface area contributed by atoms with Crippen molar-refractivity contribution in [3.05, 3.63) is 72.6 Å². The number of ether oxygens (including phenoxy) is 1. The van der Waals surface area contributed by atoms with Gasteiger partial charge in [-0.2, -0.15) is 4.31 Å². The third kappa shape index (κ3) is 5.75. The molecule has 1 aliphatic heterocycles. The van der Waals surface area contributed by atoms with Crippen molar-refractivity contribution in [2.45, 2.75) is 25.2 Å². The number of benzene rings is 2. The van der Waals surface area contributed by atoms with Crippen LogP contribution >= 0.6 is 0 Å². The van der Waals surface area contributed by atoms with Crippen molar-refractivity contribution in [1.82, 2.24) is 8.87 Å². The first-order valence-electron chi connectivity index (χ1n) is 11.9. The van der Waals surface area contributed by atoms with E-state index in [0.29, 0.717) is 45.1 Å². The highest BCUT2D eigenvalue weighted by molar-refractivity contribution is 7.89. The minimum Gasteiger partial charge on any atom is -0.378 e. The molecule has 0 saturated carbocycles. The maximum atomic E-state index is 13.1. The Morgan fingerprint density at radius 2 is 1.66 bits per heavy atom. The fourth-order valence-electron chi connectivity index (χ4n) is 4.24. The molecule has 2 aromatic carbocycles. The van der Waals surface area contributed by atoms with E-state index in [9.17, 15) is 13.2 Å². The van der Waals surface area contributed by atoms with Crippen molar-refractivity contribution < 1.29 is 17.9 Å². The van der Waals surface area contributed by atoms with Gasteiger partial charge in [0, 0.05) is 44.3 Å². The minimum atomic E-state index is -3.66. The molecule has 1 aliphatic rings. The van der Waals surface area contributed by atoms with Gasteiger partial charge in [-0.1, -0.05) is 26.0 Å². The van der Waals surface area contributed by atoms with Crippen molar-refractivity contribution in [2.75, 3.05) is 49.6 Å². The SMILES string of the molecule is CCN(CC)S(=O)(=O)c1ccc(N2CCOCC2)c(NC(=O)Cc2ccc(-n3cccc3)cc2)c1. The highest BCUT2D eigenvalue weighted by Crippen LogP contribution is 2.31. The summed E-state index contributed by atoms with van der Waals surface area (Å²) in [4.78, 5) is 15.3. The molecule has 1 N–H and O–H groups in total. The Hall–Kier alpha value is -3.14. The van der Waals surface area contributed by atoms with Crippen LogP contribution in [0.25, 0.3) is 5.69 Å². The number of aromatic nitrogens is 1. The predicted molar refractivity (Wildman–Crippen MR) is 138 cm³/mol. The van der Waals surface area contributed by atoms with Crippen molar-refractivity contribution in [2.24, 2.45) is 0 Å². The Bertz CT molecular complexity index is 1230. The molecule has 9 heteroatoms. The molecule has 0 bridgehead atoms. The number of carbonyl (C=O) groups is 1. The lowest BCUT2D eigenvalue weighted by Crippen LogP contribution is -2.37. The van der Waals surface area contributed by atoms with Gasteiger partial charge in [0.15, 0.2) is 0 Å². The molecule has 3 aromatic rings. The molecule has 8 nitrogen and oxygen atoms in total. The van der Waals surface area contributed by atoms with E-state index < -0.39 is 10.0 Å². The molecule has 4 rings (SSSR count). The van der Waals surface area contributed by atoms with Crippen LogP contribution in [0.5, 0.6) is 0 Å². The Morgan fingerprint density at radius 3 is 2.29 bits per heavy atom. The van der Waals surface area contributed by atoms with Gasteiger partial charge in [0.2, 0.25) is 15.9 Å². The first-order valence-corrected chi connectivity index (χ1v) is 13.4. The number of hydrogen-bond donors (Lipinski definition) is 1. The molecule has 186 valence electrons. The second kappa shape index (κ2) is 11.1. The molecule has 0 unspecified atom stereocenters. The Kier molecular flexibility index (Phi) is 7.90. The van der Waals surface area contributed by atoms with Gasteiger partial charge >= 0.3 is 0 Å². The molecule has 1 amide bonds. The number of rotatable bonds is 9. The van der Waals surface area contributed by atoms with E-state index in [0.717, 1.165) is 16.9 Å². The lowest BCUT2D eigenvalue weighted by atomic mass is 10.1. The summed E-state index contributed by atoms with van der Waals surface area (Å²) in [5, 5.41) is 2.98. The van der Waals surface area contributed by atoms with E-state index in [1.54, 1.807) is 18.2 Å². The summed E-state index contributed by atoms with van der Waals surface area (Å²) in [6.07, 6.45) is 4.11. The smallest absolute Gasteiger partial charge is 0.243 e. The highest BCUT2D eigenvalue weighted by atomic mass is 32.2. The Morgan fingerprint density at radius 1 is 1.00 bits per heavy atom. The van der Waals surface area contributed by atoms with E-state index in [2.05, 4.69) is 10.2 Å². The molecule has 1 fully saturated rings. The number of carbonyl (C=O) groups excluding carboxylic acids is 1. The zero-order chi connectivity index (χ0) is 24.8. The third-order valence-corrected chi connectivity index (χ3v) is 8.19. The van der Waals surface area contributed by atoms with Crippen LogP contribution in [0.4, 0.5) is 11.4 Å². The molecule has 0 aliphatic carbocycles. The number of nitrogens with one attached hydrogen (secondary N) is 1. The number of anilines is 2. The summed E-state index contributed by atoms with van der Waals surface area (Å²) in [5.74, 6) is -0.203. The molecule has 0 radical (unpaired) electrons. The van der Waals surface area contributed by atoms with Crippen molar-refractivity contribution >= 4 is 27.3 Å². The van der Waals surface area contributed by atoms with Crippen LogP contribution in [0.15, 0.2) is 71.9 Å². The van der Waals surface area contributed by atoms with Crippen molar-refractivity contribution in [1.29, 1.82) is 0 Å². The molecule has 0 atom stereocenters.